The van der Waals surface area contributed by atoms with Gasteiger partial charge in [-0.1, -0.05) is 0 Å². The van der Waals surface area contributed by atoms with Gasteiger partial charge in [-0.05, 0) is 18.6 Å². The molecule has 4 nitrogen and oxygen atoms in total. The van der Waals surface area contributed by atoms with Gasteiger partial charge in [-0.25, -0.2) is 0 Å². The third kappa shape index (κ3) is 2.46. The van der Waals surface area contributed by atoms with Gasteiger partial charge < -0.3 is 10.2 Å². The SMILES string of the molecule is O=C(C1CCCS1)N1CCN(C2CNC2)CC1. The topological polar surface area (TPSA) is 35.6 Å². The predicted octanol–water partition coefficient (Wildman–Crippen LogP) is -0.00200. The highest BCUT2D eigenvalue weighted by atomic mass is 32.2. The molecule has 17 heavy (non-hydrogen) atoms. The molecule has 0 spiro atoms. The van der Waals surface area contributed by atoms with Crippen LogP contribution in [0.15, 0.2) is 0 Å². The van der Waals surface area contributed by atoms with Crippen molar-refractivity contribution < 1.29 is 4.79 Å². The normalized spacial score (nSPS) is 31.5. The number of amides is 1. The summed E-state index contributed by atoms with van der Waals surface area (Å²) < 4.78 is 0. The summed E-state index contributed by atoms with van der Waals surface area (Å²) in [7, 11) is 0. The molecule has 1 amide bonds. The van der Waals surface area contributed by atoms with E-state index in [0.717, 1.165) is 51.7 Å². The highest BCUT2D eigenvalue weighted by Gasteiger charge is 2.32. The van der Waals surface area contributed by atoms with E-state index < -0.39 is 0 Å². The van der Waals surface area contributed by atoms with E-state index in [-0.39, 0.29) is 5.25 Å². The molecule has 5 heteroatoms. The minimum Gasteiger partial charge on any atom is -0.339 e. The van der Waals surface area contributed by atoms with Gasteiger partial charge in [-0.3, -0.25) is 9.69 Å². The van der Waals surface area contributed by atoms with Crippen LogP contribution in [-0.4, -0.2) is 72.0 Å². The van der Waals surface area contributed by atoms with Gasteiger partial charge >= 0.3 is 0 Å². The first-order valence-electron chi connectivity index (χ1n) is 6.70. The summed E-state index contributed by atoms with van der Waals surface area (Å²) in [4.78, 5) is 16.9. The van der Waals surface area contributed by atoms with E-state index in [1.807, 2.05) is 11.8 Å². The first-order chi connectivity index (χ1) is 8.34. The summed E-state index contributed by atoms with van der Waals surface area (Å²) in [5, 5.41) is 3.58. The molecule has 0 aromatic heterocycles. The molecule has 3 rings (SSSR count). The predicted molar refractivity (Wildman–Crippen MR) is 70.3 cm³/mol. The summed E-state index contributed by atoms with van der Waals surface area (Å²) in [6, 6.07) is 0.730. The van der Waals surface area contributed by atoms with E-state index in [0.29, 0.717) is 5.91 Å². The average molecular weight is 255 g/mol. The molecule has 3 fully saturated rings. The zero-order valence-corrected chi connectivity index (χ0v) is 11.0. The van der Waals surface area contributed by atoms with E-state index >= 15 is 0 Å². The van der Waals surface area contributed by atoms with Gasteiger partial charge in [0.25, 0.3) is 0 Å². The lowest BCUT2D eigenvalue weighted by molar-refractivity contribution is -0.132. The molecule has 3 aliphatic heterocycles. The molecule has 3 aliphatic rings. The third-order valence-corrected chi connectivity index (χ3v) is 5.47. The quantitative estimate of drug-likeness (QED) is 0.753. The summed E-state index contributed by atoms with van der Waals surface area (Å²) in [5.74, 6) is 1.57. The molecule has 0 aromatic carbocycles. The largest absolute Gasteiger partial charge is 0.339 e. The van der Waals surface area contributed by atoms with Crippen molar-refractivity contribution in [1.82, 2.24) is 15.1 Å². The van der Waals surface area contributed by atoms with Gasteiger partial charge in [0, 0.05) is 45.3 Å². The van der Waals surface area contributed by atoms with Gasteiger partial charge in [0.1, 0.15) is 0 Å². The molecule has 0 bridgehead atoms. The zero-order valence-electron chi connectivity index (χ0n) is 10.2. The highest BCUT2D eigenvalue weighted by molar-refractivity contribution is 8.00. The van der Waals surface area contributed by atoms with Crippen LogP contribution in [0.2, 0.25) is 0 Å². The van der Waals surface area contributed by atoms with Crippen LogP contribution in [0.3, 0.4) is 0 Å². The van der Waals surface area contributed by atoms with Crippen LogP contribution in [0.1, 0.15) is 12.8 Å². The summed E-state index contributed by atoms with van der Waals surface area (Å²) in [6.45, 7) is 6.27. The fourth-order valence-electron chi connectivity index (χ4n) is 2.82. The van der Waals surface area contributed by atoms with Crippen molar-refractivity contribution in [1.29, 1.82) is 0 Å². The second-order valence-corrected chi connectivity index (χ2v) is 6.49. The van der Waals surface area contributed by atoms with Crippen LogP contribution in [0.4, 0.5) is 0 Å². The number of carbonyl (C=O) groups excluding carboxylic acids is 1. The summed E-state index contributed by atoms with van der Waals surface area (Å²) in [6.07, 6.45) is 2.31. The lowest BCUT2D eigenvalue weighted by Gasteiger charge is -2.43. The Morgan fingerprint density at radius 3 is 2.47 bits per heavy atom. The lowest BCUT2D eigenvalue weighted by atomic mass is 10.1. The van der Waals surface area contributed by atoms with E-state index in [9.17, 15) is 4.79 Å². The van der Waals surface area contributed by atoms with Crippen LogP contribution >= 0.6 is 11.8 Å². The molecule has 0 aromatic rings. The van der Waals surface area contributed by atoms with Gasteiger partial charge in [-0.2, -0.15) is 0 Å². The Kier molecular flexibility index (Phi) is 3.59. The van der Waals surface area contributed by atoms with Gasteiger partial charge in [0.2, 0.25) is 5.91 Å². The van der Waals surface area contributed by atoms with Crippen LogP contribution in [-0.2, 0) is 4.79 Å². The second kappa shape index (κ2) is 5.16. The molecular formula is C12H21N3OS. The van der Waals surface area contributed by atoms with Crippen molar-refractivity contribution in [3.8, 4) is 0 Å². The van der Waals surface area contributed by atoms with Crippen LogP contribution in [0, 0.1) is 0 Å². The standard InChI is InChI=1S/C12H21N3OS/c16-12(11-2-1-7-17-11)15-5-3-14(4-6-15)10-8-13-9-10/h10-11,13H,1-9H2. The van der Waals surface area contributed by atoms with E-state index in [4.69, 9.17) is 0 Å². The first kappa shape index (κ1) is 11.8. The maximum Gasteiger partial charge on any atom is 0.235 e. The summed E-state index contributed by atoms with van der Waals surface area (Å²) in [5.41, 5.74) is 0. The number of carbonyl (C=O) groups is 1. The van der Waals surface area contributed by atoms with Crippen molar-refractivity contribution >= 4 is 17.7 Å². The molecule has 3 saturated heterocycles. The molecular weight excluding hydrogens is 234 g/mol. The smallest absolute Gasteiger partial charge is 0.235 e. The zero-order chi connectivity index (χ0) is 11.7. The number of nitrogens with one attached hydrogen (secondary N) is 1. The second-order valence-electron chi connectivity index (χ2n) is 5.17. The number of rotatable bonds is 2. The molecule has 0 saturated carbocycles. The van der Waals surface area contributed by atoms with E-state index in [1.54, 1.807) is 0 Å². The number of piperazine rings is 1. The van der Waals surface area contributed by atoms with Gasteiger partial charge in [0.05, 0.1) is 5.25 Å². The van der Waals surface area contributed by atoms with Gasteiger partial charge in [0.15, 0.2) is 0 Å². The number of hydrogen-bond donors (Lipinski definition) is 1. The van der Waals surface area contributed by atoms with Crippen LogP contribution in [0.25, 0.3) is 0 Å². The van der Waals surface area contributed by atoms with Crippen molar-refractivity contribution in [3.05, 3.63) is 0 Å². The van der Waals surface area contributed by atoms with Gasteiger partial charge in [-0.15, -0.1) is 11.8 Å². The Balaban J connectivity index is 1.48. The van der Waals surface area contributed by atoms with E-state index in [2.05, 4.69) is 15.1 Å². The fourth-order valence-corrected chi connectivity index (χ4v) is 4.06. The fraction of sp³-hybridized carbons (Fsp3) is 0.917. The Labute approximate surface area is 107 Å². The van der Waals surface area contributed by atoms with Crippen molar-refractivity contribution in [2.24, 2.45) is 0 Å². The van der Waals surface area contributed by atoms with E-state index in [1.165, 1.54) is 12.2 Å². The van der Waals surface area contributed by atoms with Crippen LogP contribution < -0.4 is 5.32 Å². The number of nitrogens with zero attached hydrogens (tertiary/aromatic N) is 2. The summed E-state index contributed by atoms with van der Waals surface area (Å²) >= 11 is 1.85. The monoisotopic (exact) mass is 255 g/mol. The minimum absolute atomic E-state index is 0.270. The Morgan fingerprint density at radius 2 is 1.94 bits per heavy atom. The Morgan fingerprint density at radius 1 is 1.18 bits per heavy atom. The number of hydrogen-bond acceptors (Lipinski definition) is 4. The van der Waals surface area contributed by atoms with Crippen molar-refractivity contribution in [2.45, 2.75) is 24.1 Å². The number of thioether (sulfide) groups is 1. The maximum atomic E-state index is 12.2. The molecule has 1 N–H and O–H groups in total. The third-order valence-electron chi connectivity index (χ3n) is 4.11. The molecule has 3 heterocycles. The minimum atomic E-state index is 0.270. The molecule has 96 valence electrons. The molecule has 1 unspecified atom stereocenters. The lowest BCUT2D eigenvalue weighted by Crippen LogP contribution is -2.62. The molecule has 0 radical (unpaired) electrons. The first-order valence-corrected chi connectivity index (χ1v) is 7.74. The van der Waals surface area contributed by atoms with Crippen molar-refractivity contribution in [3.63, 3.8) is 0 Å². The highest BCUT2D eigenvalue weighted by Crippen LogP contribution is 2.28. The maximum absolute atomic E-state index is 12.2. The van der Waals surface area contributed by atoms with Crippen LogP contribution in [0.5, 0.6) is 0 Å². The Hall–Kier alpha value is -0.260. The molecule has 0 aliphatic carbocycles. The Bertz CT molecular complexity index is 281. The van der Waals surface area contributed by atoms with Crippen molar-refractivity contribution in [2.75, 3.05) is 45.0 Å². The molecule has 1 atom stereocenters. The average Bonchev–Trinajstić information content (AvgIpc) is 2.80.